The third-order valence-corrected chi connectivity index (χ3v) is 26.2. The zero-order valence-corrected chi connectivity index (χ0v) is 73.6. The van der Waals surface area contributed by atoms with E-state index in [0.717, 1.165) is 205 Å². The van der Waals surface area contributed by atoms with Crippen LogP contribution in [0.4, 0.5) is 0 Å². The van der Waals surface area contributed by atoms with Crippen LogP contribution in [0.3, 0.4) is 0 Å². The van der Waals surface area contributed by atoms with Gasteiger partial charge in [-0.05, 0) is 198 Å². The van der Waals surface area contributed by atoms with Gasteiger partial charge in [-0.1, -0.05) is 376 Å². The van der Waals surface area contributed by atoms with E-state index in [1.807, 2.05) is 72.8 Å². The molecule has 0 N–H and O–H groups in total. The summed E-state index contributed by atoms with van der Waals surface area (Å²) in [5.41, 5.74) is 33.0. The van der Waals surface area contributed by atoms with Crippen molar-refractivity contribution in [2.24, 2.45) is 0 Å². The lowest BCUT2D eigenvalue weighted by Crippen LogP contribution is -2.01. The minimum atomic E-state index is 0.579. The van der Waals surface area contributed by atoms with Crippen molar-refractivity contribution in [3.8, 4) is 169 Å². The summed E-state index contributed by atoms with van der Waals surface area (Å²) in [6.45, 7) is 0. The molecule has 0 bridgehead atoms. The number of para-hydroxylation sites is 4. The number of fused-ring (bicyclic) bond motifs is 14. The maximum absolute atomic E-state index is 6.85. The van der Waals surface area contributed by atoms with Crippen LogP contribution in [0.25, 0.3) is 256 Å². The molecule has 0 fully saturated rings. The van der Waals surface area contributed by atoms with E-state index in [1.54, 1.807) is 0 Å². The molecule has 26 aromatic rings. The topological polar surface area (TPSA) is 113 Å². The molecule has 0 amide bonds. The van der Waals surface area contributed by atoms with Gasteiger partial charge in [0.25, 0.3) is 0 Å². The predicted octanol–water partition coefficient (Wildman–Crippen LogP) is 33.1. The Morgan fingerprint density at radius 3 is 0.816 bits per heavy atom. The summed E-state index contributed by atoms with van der Waals surface area (Å²) < 4.78 is 18.3. The molecule has 26 rings (SSSR count). The second-order valence-corrected chi connectivity index (χ2v) is 34.2. The van der Waals surface area contributed by atoms with Crippen LogP contribution in [-0.2, 0) is 0 Å². The Labute approximate surface area is 784 Å². The molecular weight excluding hydrogens is 1660 g/mol. The zero-order valence-electron chi connectivity index (χ0n) is 73.6. The minimum Gasteiger partial charge on any atom is -0.456 e. The lowest BCUT2D eigenvalue weighted by Gasteiger charge is -2.17. The zero-order chi connectivity index (χ0) is 89.9. The fraction of sp³-hybridized carbons (Fsp3) is 0. The molecular formula is C126H80N8O2. The second-order valence-electron chi connectivity index (χ2n) is 34.2. The second kappa shape index (κ2) is 34.2. The van der Waals surface area contributed by atoms with Crippen molar-refractivity contribution in [3.63, 3.8) is 0 Å². The van der Waals surface area contributed by atoms with Crippen molar-refractivity contribution in [1.29, 1.82) is 0 Å². The van der Waals surface area contributed by atoms with Crippen LogP contribution in [-0.4, -0.2) is 39.0 Å². The summed E-state index contributed by atoms with van der Waals surface area (Å²) in [6.07, 6.45) is 0. The van der Waals surface area contributed by atoms with Crippen molar-refractivity contribution in [3.05, 3.63) is 485 Å². The van der Waals surface area contributed by atoms with Crippen LogP contribution in [0, 0.1) is 0 Å². The highest BCUT2D eigenvalue weighted by Gasteiger charge is 2.27. The monoisotopic (exact) mass is 1740 g/mol. The minimum absolute atomic E-state index is 0.579. The summed E-state index contributed by atoms with van der Waals surface area (Å²) in [5.74, 6) is 3.59. The molecule has 6 aromatic heterocycles. The van der Waals surface area contributed by atoms with E-state index >= 15 is 0 Å². The Kier molecular flexibility index (Phi) is 20.0. The Morgan fingerprint density at radius 2 is 0.419 bits per heavy atom. The third-order valence-electron chi connectivity index (χ3n) is 26.2. The molecule has 0 radical (unpaired) electrons. The van der Waals surface area contributed by atoms with Gasteiger partial charge in [0, 0.05) is 87.8 Å². The molecule has 0 aliphatic heterocycles. The van der Waals surface area contributed by atoms with E-state index in [9.17, 15) is 0 Å². The first-order valence-electron chi connectivity index (χ1n) is 45.9. The van der Waals surface area contributed by atoms with Crippen molar-refractivity contribution in [1.82, 2.24) is 39.0 Å². The van der Waals surface area contributed by atoms with Gasteiger partial charge in [0.1, 0.15) is 22.3 Å². The summed E-state index contributed by atoms with van der Waals surface area (Å²) >= 11 is 0. The van der Waals surface area contributed by atoms with E-state index in [1.165, 1.54) is 16.2 Å². The van der Waals surface area contributed by atoms with Crippen molar-refractivity contribution in [2.75, 3.05) is 0 Å². The Hall–Kier alpha value is -18.4. The maximum Gasteiger partial charge on any atom is 0.164 e. The molecule has 20 aromatic carbocycles. The van der Waals surface area contributed by atoms with E-state index < -0.39 is 0 Å². The predicted molar refractivity (Wildman–Crippen MR) is 559 cm³/mol. The van der Waals surface area contributed by atoms with E-state index in [0.29, 0.717) is 34.9 Å². The molecule has 636 valence electrons. The Bertz CT molecular complexity index is 8920. The van der Waals surface area contributed by atoms with Gasteiger partial charge in [-0.3, -0.25) is 0 Å². The Balaban J connectivity index is 0.000000145. The average molecular weight is 1740 g/mol. The number of benzene rings is 20. The SMILES string of the molecule is c1ccc(-c2ccc(-c3ccccc3)c(-c3ccc(-c4ccc5c(c4)oc4ccc6c(c7ccccc7n6-c6ccccc6)c45)c(-c4nc(-c5ccccc5)nc(-c5ccccc5)n4)c3)c2)cc1.c1ccc(-c2ccc(-c3ccccc3)c(-c3ccc(-c4ccc5oc6ccc7c(c8ccccc8n7-c7ccccc7)c6c5c4)c(-c4nc(-c5ccccc5)nc(-c5ccccc5)n4)c3)c2)cc1. The first kappa shape index (κ1) is 79.8. The number of aromatic nitrogens is 8. The van der Waals surface area contributed by atoms with Crippen LogP contribution in [0.15, 0.2) is 494 Å². The molecule has 0 saturated carbocycles. The average Bonchev–Trinajstić information content (AvgIpc) is 1.56. The standard InChI is InChI=1S/2C63H40N4O/c1-6-18-41(19-7-1)45-30-33-49(42-20-8-2-9-21-42)52(38-45)47-31-34-50(53(39-47)63-65-61(43-22-10-3-11-23-43)64-62(66-63)44-24-12-4-13-25-44)46-32-36-57-54(40-46)60-58(68-57)37-35-56-59(60)51-28-16-17-29-55(51)67(56)48-26-14-5-15-27-48;1-6-18-41(19-7-1)45-30-33-49(42-20-8-2-9-21-42)53(38-45)46-31-34-50(54(39-46)63-65-61(43-22-10-3-11-23-43)64-62(66-63)44-24-12-4-13-25-44)47-32-35-52-58(40-47)68-57-37-36-56-59(60(52)57)51-28-16-17-29-55(51)67(56)48-26-14-5-15-27-48/h2*1-40H. The summed E-state index contributed by atoms with van der Waals surface area (Å²) in [5, 5.41) is 9.00. The molecule has 0 unspecified atom stereocenters. The molecule has 10 heteroatoms. The van der Waals surface area contributed by atoms with Crippen molar-refractivity contribution in [2.45, 2.75) is 0 Å². The Morgan fingerprint density at radius 1 is 0.140 bits per heavy atom. The lowest BCUT2D eigenvalue weighted by molar-refractivity contribution is 0.669. The van der Waals surface area contributed by atoms with E-state index in [-0.39, 0.29) is 0 Å². The molecule has 10 nitrogen and oxygen atoms in total. The lowest BCUT2D eigenvalue weighted by atomic mass is 9.88. The van der Waals surface area contributed by atoms with E-state index in [2.05, 4.69) is 422 Å². The molecule has 0 atom stereocenters. The normalized spacial score (nSPS) is 11.5. The fourth-order valence-corrected chi connectivity index (χ4v) is 19.8. The van der Waals surface area contributed by atoms with Gasteiger partial charge in [0.2, 0.25) is 0 Å². The number of rotatable bonds is 16. The molecule has 0 aliphatic carbocycles. The van der Waals surface area contributed by atoms with Crippen LogP contribution >= 0.6 is 0 Å². The van der Waals surface area contributed by atoms with Crippen LogP contribution in [0.2, 0.25) is 0 Å². The maximum atomic E-state index is 6.85. The number of furan rings is 2. The highest BCUT2D eigenvalue weighted by atomic mass is 16.3. The first-order valence-corrected chi connectivity index (χ1v) is 45.9. The largest absolute Gasteiger partial charge is 0.456 e. The van der Waals surface area contributed by atoms with Crippen LogP contribution in [0.5, 0.6) is 0 Å². The third kappa shape index (κ3) is 14.5. The van der Waals surface area contributed by atoms with Gasteiger partial charge < -0.3 is 18.0 Å². The number of hydrogen-bond donors (Lipinski definition) is 0. The number of hydrogen-bond acceptors (Lipinski definition) is 8. The molecule has 6 heterocycles. The van der Waals surface area contributed by atoms with Gasteiger partial charge in [-0.2, -0.15) is 0 Å². The van der Waals surface area contributed by atoms with Crippen molar-refractivity contribution < 1.29 is 8.83 Å². The molecule has 0 spiro atoms. The van der Waals surface area contributed by atoms with Gasteiger partial charge >= 0.3 is 0 Å². The summed E-state index contributed by atoms with van der Waals surface area (Å²) in [7, 11) is 0. The van der Waals surface area contributed by atoms with Gasteiger partial charge in [0.15, 0.2) is 34.9 Å². The molecule has 0 aliphatic rings. The number of nitrogens with zero attached hydrogens (tertiary/aromatic N) is 8. The smallest absolute Gasteiger partial charge is 0.164 e. The quantitative estimate of drug-likeness (QED) is 0.0940. The fourth-order valence-electron chi connectivity index (χ4n) is 19.8. The van der Waals surface area contributed by atoms with Gasteiger partial charge in [-0.25, -0.2) is 29.9 Å². The van der Waals surface area contributed by atoms with Gasteiger partial charge in [-0.15, -0.1) is 0 Å². The molecule has 0 saturated heterocycles. The summed E-state index contributed by atoms with van der Waals surface area (Å²) in [6, 6.07) is 170. The first-order chi connectivity index (χ1) is 67.4. The van der Waals surface area contributed by atoms with Gasteiger partial charge in [0.05, 0.1) is 22.1 Å². The van der Waals surface area contributed by atoms with E-state index in [4.69, 9.17) is 38.7 Å². The highest BCUT2D eigenvalue weighted by Crippen LogP contribution is 2.49. The van der Waals surface area contributed by atoms with Crippen molar-refractivity contribution >= 4 is 87.5 Å². The molecule has 136 heavy (non-hydrogen) atoms. The van der Waals surface area contributed by atoms with Crippen LogP contribution in [0.1, 0.15) is 0 Å². The summed E-state index contributed by atoms with van der Waals surface area (Å²) in [4.78, 5) is 31.4. The van der Waals surface area contributed by atoms with Crippen LogP contribution < -0.4 is 0 Å². The highest BCUT2D eigenvalue weighted by molar-refractivity contribution is 6.29.